The van der Waals surface area contributed by atoms with Crippen LogP contribution in [0.3, 0.4) is 0 Å². The molecule has 0 aliphatic rings. The molecular formula is C22H20Cl2N2O4S. The van der Waals surface area contributed by atoms with Gasteiger partial charge in [0.2, 0.25) is 15.9 Å². The Bertz CT molecular complexity index is 1150. The van der Waals surface area contributed by atoms with Crippen molar-refractivity contribution in [3.8, 4) is 5.75 Å². The average Bonchev–Trinajstić information content (AvgIpc) is 2.77. The van der Waals surface area contributed by atoms with E-state index in [9.17, 15) is 13.2 Å². The number of carbonyl (C=O) groups excluding carboxylic acids is 1. The fourth-order valence-corrected chi connectivity index (χ4v) is 4.57. The van der Waals surface area contributed by atoms with E-state index in [-0.39, 0.29) is 18.0 Å². The number of rotatable bonds is 8. The SMILES string of the molecule is COc1ccc(NC(=O)CN(Cc2ccc(Cl)c(Cl)c2)S(=O)(=O)c2ccccc2)cc1. The minimum absolute atomic E-state index is 0.0514. The lowest BCUT2D eigenvalue weighted by atomic mass is 10.2. The lowest BCUT2D eigenvalue weighted by molar-refractivity contribution is -0.116. The number of nitrogens with zero attached hydrogens (tertiary/aromatic N) is 1. The lowest BCUT2D eigenvalue weighted by Crippen LogP contribution is -2.37. The number of amides is 1. The van der Waals surface area contributed by atoms with Gasteiger partial charge >= 0.3 is 0 Å². The van der Waals surface area contributed by atoms with Crippen molar-refractivity contribution in [3.63, 3.8) is 0 Å². The van der Waals surface area contributed by atoms with Crippen molar-refractivity contribution in [2.24, 2.45) is 0 Å². The van der Waals surface area contributed by atoms with Crippen LogP contribution in [-0.2, 0) is 21.4 Å². The van der Waals surface area contributed by atoms with Crippen LogP contribution in [0.4, 0.5) is 5.69 Å². The van der Waals surface area contributed by atoms with E-state index in [1.807, 2.05) is 0 Å². The highest BCUT2D eigenvalue weighted by atomic mass is 35.5. The molecule has 3 aromatic carbocycles. The molecule has 1 amide bonds. The van der Waals surface area contributed by atoms with Crippen LogP contribution in [0, 0.1) is 0 Å². The van der Waals surface area contributed by atoms with E-state index < -0.39 is 15.9 Å². The highest BCUT2D eigenvalue weighted by Gasteiger charge is 2.27. The highest BCUT2D eigenvalue weighted by Crippen LogP contribution is 2.25. The number of hydrogen-bond donors (Lipinski definition) is 1. The Morgan fingerprint density at radius 2 is 1.65 bits per heavy atom. The molecule has 0 saturated carbocycles. The van der Waals surface area contributed by atoms with Crippen LogP contribution in [0.1, 0.15) is 5.56 Å². The summed E-state index contributed by atoms with van der Waals surface area (Å²) in [6.45, 7) is -0.437. The zero-order chi connectivity index (χ0) is 22.4. The van der Waals surface area contributed by atoms with Gasteiger partial charge in [0.05, 0.1) is 28.6 Å². The van der Waals surface area contributed by atoms with Crippen LogP contribution in [-0.4, -0.2) is 32.3 Å². The third-order valence-electron chi connectivity index (χ3n) is 4.42. The molecule has 9 heteroatoms. The predicted molar refractivity (Wildman–Crippen MR) is 122 cm³/mol. The molecule has 0 spiro atoms. The average molecular weight is 479 g/mol. The Labute approximate surface area is 191 Å². The summed E-state index contributed by atoms with van der Waals surface area (Å²) in [6, 6.07) is 19.5. The van der Waals surface area contributed by atoms with E-state index >= 15 is 0 Å². The highest BCUT2D eigenvalue weighted by molar-refractivity contribution is 7.89. The van der Waals surface area contributed by atoms with Gasteiger partial charge in [-0.05, 0) is 54.1 Å². The maximum atomic E-state index is 13.2. The molecule has 0 heterocycles. The summed E-state index contributed by atoms with van der Waals surface area (Å²) >= 11 is 12.0. The third kappa shape index (κ3) is 5.98. The van der Waals surface area contributed by atoms with E-state index in [1.165, 1.54) is 12.1 Å². The first-order chi connectivity index (χ1) is 14.8. The van der Waals surface area contributed by atoms with E-state index in [0.717, 1.165) is 4.31 Å². The van der Waals surface area contributed by atoms with Crippen LogP contribution >= 0.6 is 23.2 Å². The number of benzene rings is 3. The van der Waals surface area contributed by atoms with Crippen molar-refractivity contribution in [2.75, 3.05) is 19.0 Å². The standard InChI is InChI=1S/C22H20Cl2N2O4S/c1-30-18-10-8-17(9-11-18)25-22(27)15-26(14-16-7-12-20(23)21(24)13-16)31(28,29)19-5-3-2-4-6-19/h2-13H,14-15H2,1H3,(H,25,27). The quantitative estimate of drug-likeness (QED) is 0.502. The predicted octanol–water partition coefficient (Wildman–Crippen LogP) is 4.83. The number of ether oxygens (including phenoxy) is 1. The van der Waals surface area contributed by atoms with Crippen molar-refractivity contribution in [1.82, 2.24) is 4.31 Å². The van der Waals surface area contributed by atoms with Gasteiger partial charge in [0.25, 0.3) is 0 Å². The van der Waals surface area contributed by atoms with E-state index in [4.69, 9.17) is 27.9 Å². The summed E-state index contributed by atoms with van der Waals surface area (Å²) in [5.74, 6) is 0.163. The van der Waals surface area contributed by atoms with Gasteiger partial charge in [-0.25, -0.2) is 8.42 Å². The second-order valence-corrected chi connectivity index (χ2v) is 9.36. The van der Waals surface area contributed by atoms with Gasteiger partial charge in [0, 0.05) is 12.2 Å². The van der Waals surface area contributed by atoms with Gasteiger partial charge < -0.3 is 10.1 Å². The van der Waals surface area contributed by atoms with Gasteiger partial charge in [0.1, 0.15) is 5.75 Å². The minimum atomic E-state index is -3.94. The van der Waals surface area contributed by atoms with E-state index in [1.54, 1.807) is 67.8 Å². The van der Waals surface area contributed by atoms with Crippen LogP contribution in [0.2, 0.25) is 10.0 Å². The Hall–Kier alpha value is -2.58. The second kappa shape index (κ2) is 10.2. The van der Waals surface area contributed by atoms with Crippen LogP contribution in [0.5, 0.6) is 5.75 Å². The zero-order valence-electron chi connectivity index (χ0n) is 16.6. The van der Waals surface area contributed by atoms with Crippen molar-refractivity contribution in [1.29, 1.82) is 0 Å². The maximum absolute atomic E-state index is 13.2. The molecule has 31 heavy (non-hydrogen) atoms. The molecule has 0 bridgehead atoms. The second-order valence-electron chi connectivity index (χ2n) is 6.61. The van der Waals surface area contributed by atoms with Crippen molar-refractivity contribution < 1.29 is 17.9 Å². The van der Waals surface area contributed by atoms with Crippen molar-refractivity contribution in [2.45, 2.75) is 11.4 Å². The summed E-state index contributed by atoms with van der Waals surface area (Å²) in [5, 5.41) is 3.37. The Morgan fingerprint density at radius 1 is 0.968 bits per heavy atom. The molecule has 0 radical (unpaired) electrons. The number of carbonyl (C=O) groups is 1. The minimum Gasteiger partial charge on any atom is -0.497 e. The monoisotopic (exact) mass is 478 g/mol. The maximum Gasteiger partial charge on any atom is 0.243 e. The topological polar surface area (TPSA) is 75.7 Å². The molecule has 162 valence electrons. The first-order valence-corrected chi connectivity index (χ1v) is 11.4. The van der Waals surface area contributed by atoms with Gasteiger partial charge in [-0.1, -0.05) is 47.5 Å². The molecule has 1 N–H and O–H groups in total. The van der Waals surface area contributed by atoms with Crippen LogP contribution < -0.4 is 10.1 Å². The summed E-state index contributed by atoms with van der Waals surface area (Å²) in [4.78, 5) is 12.8. The number of anilines is 1. The molecule has 0 aliphatic carbocycles. The number of methoxy groups -OCH3 is 1. The molecule has 0 fully saturated rings. The molecular weight excluding hydrogens is 459 g/mol. The molecule has 0 aromatic heterocycles. The lowest BCUT2D eigenvalue weighted by Gasteiger charge is -2.22. The van der Waals surface area contributed by atoms with Gasteiger partial charge in [-0.3, -0.25) is 4.79 Å². The zero-order valence-corrected chi connectivity index (χ0v) is 18.9. The van der Waals surface area contributed by atoms with Gasteiger partial charge in [-0.2, -0.15) is 4.31 Å². The number of halogens is 2. The smallest absolute Gasteiger partial charge is 0.243 e. The first-order valence-electron chi connectivity index (χ1n) is 9.22. The molecule has 3 aromatic rings. The molecule has 0 saturated heterocycles. The molecule has 0 aliphatic heterocycles. The Kier molecular flexibility index (Phi) is 7.56. The number of hydrogen-bond acceptors (Lipinski definition) is 4. The summed E-state index contributed by atoms with van der Waals surface area (Å²) < 4.78 is 32.7. The van der Waals surface area contributed by atoms with Crippen molar-refractivity contribution >= 4 is 44.8 Å². The van der Waals surface area contributed by atoms with E-state index in [0.29, 0.717) is 27.0 Å². The summed E-state index contributed by atoms with van der Waals surface area (Å²) in [5.41, 5.74) is 1.13. The largest absolute Gasteiger partial charge is 0.497 e. The number of sulfonamides is 1. The Balaban J connectivity index is 1.85. The van der Waals surface area contributed by atoms with Crippen LogP contribution in [0.15, 0.2) is 77.7 Å². The van der Waals surface area contributed by atoms with Crippen molar-refractivity contribution in [3.05, 3.63) is 88.4 Å². The fourth-order valence-electron chi connectivity index (χ4n) is 2.84. The Morgan fingerprint density at radius 3 is 2.26 bits per heavy atom. The summed E-state index contributed by atoms with van der Waals surface area (Å²) in [7, 11) is -2.40. The first kappa shape index (κ1) is 23.1. The normalized spacial score (nSPS) is 11.4. The fraction of sp³-hybridized carbons (Fsp3) is 0.136. The molecule has 3 rings (SSSR count). The molecule has 0 unspecified atom stereocenters. The van der Waals surface area contributed by atoms with Crippen LogP contribution in [0.25, 0.3) is 0 Å². The molecule has 6 nitrogen and oxygen atoms in total. The third-order valence-corrected chi connectivity index (χ3v) is 6.96. The van der Waals surface area contributed by atoms with Gasteiger partial charge in [-0.15, -0.1) is 0 Å². The number of nitrogens with one attached hydrogen (secondary N) is 1. The van der Waals surface area contributed by atoms with E-state index in [2.05, 4.69) is 5.32 Å². The summed E-state index contributed by atoms with van der Waals surface area (Å²) in [6.07, 6.45) is 0. The van der Waals surface area contributed by atoms with Gasteiger partial charge in [0.15, 0.2) is 0 Å². The molecule has 0 atom stereocenters.